The highest BCUT2D eigenvalue weighted by atomic mass is 35.5. The van der Waals surface area contributed by atoms with E-state index in [0.29, 0.717) is 21.2 Å². The van der Waals surface area contributed by atoms with Gasteiger partial charge >= 0.3 is 0 Å². The predicted molar refractivity (Wildman–Crippen MR) is 81.1 cm³/mol. The maximum absolute atomic E-state index is 9.28. The minimum absolute atomic E-state index is 0.479. The fraction of sp³-hybridized carbons (Fsp3) is 0.0625. The van der Waals surface area contributed by atoms with Crippen molar-refractivity contribution in [1.82, 2.24) is 0 Å². The molecule has 0 unspecified atom stereocenters. The molecule has 0 bridgehead atoms. The predicted octanol–water partition coefficient (Wildman–Crippen LogP) is 5.37. The standard InChI is InChI=1S/C16H11Cl2N/c1-11-2-4-12(5-3-11)8-13(10-19)15-7-6-14(17)9-16(15)18/h2-9H,1H3/b13-8+. The number of hydrogen-bond acceptors (Lipinski definition) is 1. The summed E-state index contributed by atoms with van der Waals surface area (Å²) in [4.78, 5) is 0. The molecule has 0 heterocycles. The second kappa shape index (κ2) is 5.93. The van der Waals surface area contributed by atoms with E-state index in [2.05, 4.69) is 6.07 Å². The van der Waals surface area contributed by atoms with Crippen molar-refractivity contribution < 1.29 is 0 Å². The van der Waals surface area contributed by atoms with E-state index in [1.807, 2.05) is 37.3 Å². The Hall–Kier alpha value is -1.75. The van der Waals surface area contributed by atoms with Gasteiger partial charge < -0.3 is 0 Å². The number of hydrogen-bond donors (Lipinski definition) is 0. The van der Waals surface area contributed by atoms with Gasteiger partial charge in [0.2, 0.25) is 0 Å². The molecule has 94 valence electrons. The zero-order valence-corrected chi connectivity index (χ0v) is 11.8. The molecule has 0 N–H and O–H groups in total. The monoisotopic (exact) mass is 287 g/mol. The van der Waals surface area contributed by atoms with Crippen LogP contribution in [0.25, 0.3) is 11.6 Å². The van der Waals surface area contributed by atoms with Crippen molar-refractivity contribution in [2.75, 3.05) is 0 Å². The fourth-order valence-corrected chi connectivity index (χ4v) is 2.22. The van der Waals surface area contributed by atoms with E-state index in [1.54, 1.807) is 18.2 Å². The molecule has 2 aromatic rings. The Morgan fingerprint density at radius 2 is 1.79 bits per heavy atom. The van der Waals surface area contributed by atoms with Crippen molar-refractivity contribution >= 4 is 34.9 Å². The maximum Gasteiger partial charge on any atom is 0.0998 e. The fourth-order valence-electron chi connectivity index (χ4n) is 1.71. The Kier molecular flexibility index (Phi) is 4.27. The van der Waals surface area contributed by atoms with Crippen molar-refractivity contribution in [2.45, 2.75) is 6.92 Å². The first-order valence-electron chi connectivity index (χ1n) is 5.74. The minimum Gasteiger partial charge on any atom is -0.192 e. The topological polar surface area (TPSA) is 23.8 Å². The average Bonchev–Trinajstić information content (AvgIpc) is 2.39. The number of nitrogens with zero attached hydrogens (tertiary/aromatic N) is 1. The number of halogens is 2. The van der Waals surface area contributed by atoms with Crippen LogP contribution in [0.2, 0.25) is 10.0 Å². The summed E-state index contributed by atoms with van der Waals surface area (Å²) in [6.45, 7) is 2.02. The van der Waals surface area contributed by atoms with Crippen molar-refractivity contribution in [3.63, 3.8) is 0 Å². The van der Waals surface area contributed by atoms with Crippen LogP contribution in [0, 0.1) is 18.3 Å². The molecule has 3 heteroatoms. The van der Waals surface area contributed by atoms with Crippen LogP contribution in [0.1, 0.15) is 16.7 Å². The van der Waals surface area contributed by atoms with Crippen LogP contribution in [0.15, 0.2) is 42.5 Å². The van der Waals surface area contributed by atoms with Crippen LogP contribution in [0.4, 0.5) is 0 Å². The highest BCUT2D eigenvalue weighted by Gasteiger charge is 2.06. The van der Waals surface area contributed by atoms with Gasteiger partial charge in [0.15, 0.2) is 0 Å². The van der Waals surface area contributed by atoms with E-state index in [-0.39, 0.29) is 0 Å². The van der Waals surface area contributed by atoms with Crippen LogP contribution < -0.4 is 0 Å². The largest absolute Gasteiger partial charge is 0.192 e. The third-order valence-electron chi connectivity index (χ3n) is 2.73. The molecule has 0 radical (unpaired) electrons. The lowest BCUT2D eigenvalue weighted by molar-refractivity contribution is 1.46. The SMILES string of the molecule is Cc1ccc(/C=C(\C#N)c2ccc(Cl)cc2Cl)cc1. The molecule has 0 aromatic heterocycles. The van der Waals surface area contributed by atoms with Gasteiger partial charge in [0.25, 0.3) is 0 Å². The van der Waals surface area contributed by atoms with Gasteiger partial charge in [0.1, 0.15) is 0 Å². The summed E-state index contributed by atoms with van der Waals surface area (Å²) in [7, 11) is 0. The molecule has 2 aromatic carbocycles. The smallest absolute Gasteiger partial charge is 0.0998 e. The molecule has 0 saturated heterocycles. The molecule has 0 saturated carbocycles. The van der Waals surface area contributed by atoms with E-state index in [0.717, 1.165) is 5.56 Å². The number of allylic oxidation sites excluding steroid dienone is 1. The van der Waals surface area contributed by atoms with Crippen LogP contribution in [-0.4, -0.2) is 0 Å². The summed E-state index contributed by atoms with van der Waals surface area (Å²) in [6.07, 6.45) is 1.81. The zero-order chi connectivity index (χ0) is 13.8. The number of rotatable bonds is 2. The normalized spacial score (nSPS) is 11.2. The quantitative estimate of drug-likeness (QED) is 0.538. The van der Waals surface area contributed by atoms with Crippen LogP contribution >= 0.6 is 23.2 Å². The highest BCUT2D eigenvalue weighted by molar-refractivity contribution is 6.36. The third kappa shape index (κ3) is 3.38. The lowest BCUT2D eigenvalue weighted by Gasteiger charge is -2.03. The molecular formula is C16H11Cl2N. The van der Waals surface area contributed by atoms with Gasteiger partial charge in [-0.25, -0.2) is 0 Å². The van der Waals surface area contributed by atoms with Gasteiger partial charge in [-0.3, -0.25) is 0 Å². The van der Waals surface area contributed by atoms with Gasteiger partial charge in [0, 0.05) is 10.6 Å². The van der Waals surface area contributed by atoms with Gasteiger partial charge in [-0.15, -0.1) is 0 Å². The second-order valence-electron chi connectivity index (χ2n) is 4.20. The lowest BCUT2D eigenvalue weighted by atomic mass is 10.0. The summed E-state index contributed by atoms with van der Waals surface area (Å²) in [5.74, 6) is 0. The first-order valence-corrected chi connectivity index (χ1v) is 6.49. The van der Waals surface area contributed by atoms with Gasteiger partial charge in [-0.05, 0) is 30.7 Å². The molecule has 0 fully saturated rings. The third-order valence-corrected chi connectivity index (χ3v) is 3.28. The highest BCUT2D eigenvalue weighted by Crippen LogP contribution is 2.28. The molecule has 0 spiro atoms. The summed E-state index contributed by atoms with van der Waals surface area (Å²) < 4.78 is 0. The summed E-state index contributed by atoms with van der Waals surface area (Å²) in [5, 5.41) is 10.3. The molecule has 0 atom stereocenters. The Labute approximate surface area is 122 Å². The van der Waals surface area contributed by atoms with Crippen LogP contribution in [-0.2, 0) is 0 Å². The molecule has 0 aliphatic heterocycles. The molecule has 19 heavy (non-hydrogen) atoms. The summed E-state index contributed by atoms with van der Waals surface area (Å²) >= 11 is 12.0. The molecule has 2 rings (SSSR count). The van der Waals surface area contributed by atoms with E-state index in [9.17, 15) is 5.26 Å². The number of benzene rings is 2. The summed E-state index contributed by atoms with van der Waals surface area (Å²) in [6, 6.07) is 15.2. The molecule has 0 aliphatic rings. The first-order chi connectivity index (χ1) is 9.10. The molecule has 0 amide bonds. The van der Waals surface area contributed by atoms with Gasteiger partial charge in [-0.2, -0.15) is 5.26 Å². The maximum atomic E-state index is 9.28. The Bertz CT molecular complexity index is 664. The first kappa shape index (κ1) is 13.7. The molecular weight excluding hydrogens is 277 g/mol. The van der Waals surface area contributed by atoms with E-state index >= 15 is 0 Å². The van der Waals surface area contributed by atoms with Gasteiger partial charge in [-0.1, -0.05) is 59.1 Å². The average molecular weight is 288 g/mol. The summed E-state index contributed by atoms with van der Waals surface area (Å²) in [5.41, 5.74) is 3.35. The van der Waals surface area contributed by atoms with Crippen molar-refractivity contribution in [2.24, 2.45) is 0 Å². The van der Waals surface area contributed by atoms with Crippen molar-refractivity contribution in [3.8, 4) is 6.07 Å². The zero-order valence-electron chi connectivity index (χ0n) is 10.3. The van der Waals surface area contributed by atoms with E-state index < -0.39 is 0 Å². The molecule has 0 aliphatic carbocycles. The number of nitriles is 1. The Morgan fingerprint density at radius 3 is 2.37 bits per heavy atom. The minimum atomic E-state index is 0.479. The van der Waals surface area contributed by atoms with Crippen molar-refractivity contribution in [1.29, 1.82) is 5.26 Å². The Morgan fingerprint density at radius 1 is 1.11 bits per heavy atom. The second-order valence-corrected chi connectivity index (χ2v) is 5.05. The van der Waals surface area contributed by atoms with Gasteiger partial charge in [0.05, 0.1) is 16.7 Å². The lowest BCUT2D eigenvalue weighted by Crippen LogP contribution is -1.84. The van der Waals surface area contributed by atoms with E-state index in [1.165, 1.54) is 5.56 Å². The van der Waals surface area contributed by atoms with Crippen LogP contribution in [0.3, 0.4) is 0 Å². The number of aryl methyl sites for hydroxylation is 1. The van der Waals surface area contributed by atoms with Crippen LogP contribution in [0.5, 0.6) is 0 Å². The van der Waals surface area contributed by atoms with Crippen molar-refractivity contribution in [3.05, 3.63) is 69.2 Å². The molecule has 1 nitrogen and oxygen atoms in total. The van der Waals surface area contributed by atoms with E-state index in [4.69, 9.17) is 23.2 Å². The Balaban J connectivity index is 2.45.